The van der Waals surface area contributed by atoms with E-state index < -0.39 is 0 Å². The highest BCUT2D eigenvalue weighted by molar-refractivity contribution is 7.07. The topological polar surface area (TPSA) is 33.2 Å². The van der Waals surface area contributed by atoms with Crippen LogP contribution < -0.4 is 0 Å². The highest BCUT2D eigenvalue weighted by Crippen LogP contribution is 2.29. The van der Waals surface area contributed by atoms with Crippen LogP contribution in [0.1, 0.15) is 37.2 Å². The van der Waals surface area contributed by atoms with Gasteiger partial charge in [0, 0.05) is 18.5 Å². The van der Waals surface area contributed by atoms with Crippen LogP contribution in [-0.4, -0.2) is 28.9 Å². The number of rotatable bonds is 1. The van der Waals surface area contributed by atoms with E-state index >= 15 is 0 Å². The average molecular weight is 224 g/mol. The summed E-state index contributed by atoms with van der Waals surface area (Å²) < 4.78 is 0. The van der Waals surface area contributed by atoms with Crippen molar-refractivity contribution in [2.75, 3.05) is 13.1 Å². The van der Waals surface area contributed by atoms with Gasteiger partial charge in [0.25, 0.3) is 5.91 Å². The molecule has 0 atom stereocenters. The van der Waals surface area contributed by atoms with Gasteiger partial charge in [-0.25, -0.2) is 4.98 Å². The van der Waals surface area contributed by atoms with Gasteiger partial charge in [0.15, 0.2) is 0 Å². The van der Waals surface area contributed by atoms with E-state index in [4.69, 9.17) is 0 Å². The maximum absolute atomic E-state index is 12.0. The molecule has 1 amide bonds. The van der Waals surface area contributed by atoms with Crippen LogP contribution in [0.3, 0.4) is 0 Å². The van der Waals surface area contributed by atoms with E-state index in [-0.39, 0.29) is 11.3 Å². The van der Waals surface area contributed by atoms with Crippen molar-refractivity contribution in [1.82, 2.24) is 9.88 Å². The summed E-state index contributed by atoms with van der Waals surface area (Å²) in [6.45, 7) is 6.16. The molecule has 0 radical (unpaired) electrons. The van der Waals surface area contributed by atoms with E-state index in [0.29, 0.717) is 5.69 Å². The number of likely N-dealkylation sites (tertiary alicyclic amines) is 1. The number of hydrogen-bond donors (Lipinski definition) is 0. The lowest BCUT2D eigenvalue weighted by atomic mass is 9.84. The fraction of sp³-hybridized carbons (Fsp3) is 0.636. The van der Waals surface area contributed by atoms with Gasteiger partial charge in [-0.05, 0) is 18.3 Å². The van der Waals surface area contributed by atoms with Gasteiger partial charge >= 0.3 is 0 Å². The number of piperidine rings is 1. The minimum atomic E-state index is 0.0871. The van der Waals surface area contributed by atoms with Gasteiger partial charge in [0.1, 0.15) is 5.69 Å². The first kappa shape index (κ1) is 10.6. The third-order valence-electron chi connectivity index (χ3n) is 2.84. The molecule has 1 aromatic rings. The van der Waals surface area contributed by atoms with Gasteiger partial charge in [-0.2, -0.15) is 0 Å². The Bertz CT molecular complexity index is 345. The van der Waals surface area contributed by atoms with Gasteiger partial charge in [-0.1, -0.05) is 13.8 Å². The Morgan fingerprint density at radius 3 is 3.00 bits per heavy atom. The lowest BCUT2D eigenvalue weighted by molar-refractivity contribution is 0.0578. The van der Waals surface area contributed by atoms with E-state index in [1.807, 2.05) is 10.3 Å². The van der Waals surface area contributed by atoms with Crippen molar-refractivity contribution in [3.8, 4) is 0 Å². The molecule has 0 spiro atoms. The Hall–Kier alpha value is -0.900. The number of aromatic nitrogens is 1. The lowest BCUT2D eigenvalue weighted by Crippen LogP contribution is -2.43. The van der Waals surface area contributed by atoms with Gasteiger partial charge in [-0.3, -0.25) is 4.79 Å². The van der Waals surface area contributed by atoms with Crippen LogP contribution >= 0.6 is 11.3 Å². The Morgan fingerprint density at radius 2 is 2.40 bits per heavy atom. The average Bonchev–Trinajstić information content (AvgIpc) is 2.67. The van der Waals surface area contributed by atoms with Crippen molar-refractivity contribution >= 4 is 17.2 Å². The molecular formula is C11H16N2OS. The first-order chi connectivity index (χ1) is 7.08. The molecule has 3 nitrogen and oxygen atoms in total. The number of hydrogen-bond acceptors (Lipinski definition) is 3. The number of carbonyl (C=O) groups excluding carboxylic acids is 1. The summed E-state index contributed by atoms with van der Waals surface area (Å²) in [6, 6.07) is 0. The molecule has 1 fully saturated rings. The van der Waals surface area contributed by atoms with Crippen LogP contribution in [0.25, 0.3) is 0 Å². The number of amides is 1. The van der Waals surface area contributed by atoms with Gasteiger partial charge in [0.2, 0.25) is 0 Å². The summed E-state index contributed by atoms with van der Waals surface area (Å²) in [5.74, 6) is 0.0871. The highest BCUT2D eigenvalue weighted by atomic mass is 32.1. The fourth-order valence-corrected chi connectivity index (χ4v) is 2.60. The molecule has 4 heteroatoms. The molecule has 0 N–H and O–H groups in total. The molecular weight excluding hydrogens is 208 g/mol. The van der Waals surface area contributed by atoms with Crippen molar-refractivity contribution in [2.45, 2.75) is 26.7 Å². The second kappa shape index (κ2) is 3.93. The van der Waals surface area contributed by atoms with Crippen molar-refractivity contribution in [1.29, 1.82) is 0 Å². The van der Waals surface area contributed by atoms with E-state index in [2.05, 4.69) is 18.8 Å². The molecule has 2 rings (SSSR count). The van der Waals surface area contributed by atoms with Crippen molar-refractivity contribution in [2.24, 2.45) is 5.41 Å². The standard InChI is InChI=1S/C11H16N2OS/c1-11(2)4-3-5-13(7-11)10(14)9-6-15-8-12-9/h6,8H,3-5,7H2,1-2H3. The quantitative estimate of drug-likeness (QED) is 0.734. The summed E-state index contributed by atoms with van der Waals surface area (Å²) in [7, 11) is 0. The fourth-order valence-electron chi connectivity index (χ4n) is 2.08. The van der Waals surface area contributed by atoms with Crippen LogP contribution in [0, 0.1) is 5.41 Å². The molecule has 1 saturated heterocycles. The first-order valence-electron chi connectivity index (χ1n) is 5.26. The van der Waals surface area contributed by atoms with E-state index in [9.17, 15) is 4.79 Å². The molecule has 1 aliphatic rings. The number of carbonyl (C=O) groups is 1. The second-order valence-electron chi connectivity index (χ2n) is 4.87. The van der Waals surface area contributed by atoms with Gasteiger partial charge in [-0.15, -0.1) is 11.3 Å². The molecule has 0 aromatic carbocycles. The Labute approximate surface area is 94.1 Å². The van der Waals surface area contributed by atoms with Crippen LogP contribution in [0.4, 0.5) is 0 Å². The third kappa shape index (κ3) is 2.37. The zero-order chi connectivity index (χ0) is 10.9. The summed E-state index contributed by atoms with van der Waals surface area (Å²) in [6.07, 6.45) is 2.30. The summed E-state index contributed by atoms with van der Waals surface area (Å²) >= 11 is 1.47. The molecule has 0 saturated carbocycles. The predicted molar refractivity (Wildman–Crippen MR) is 61.0 cm³/mol. The highest BCUT2D eigenvalue weighted by Gasteiger charge is 2.29. The summed E-state index contributed by atoms with van der Waals surface area (Å²) in [4.78, 5) is 18.0. The number of thiazole rings is 1. The van der Waals surface area contributed by atoms with Crippen molar-refractivity contribution < 1.29 is 4.79 Å². The summed E-state index contributed by atoms with van der Waals surface area (Å²) in [5.41, 5.74) is 2.56. The van der Waals surface area contributed by atoms with E-state index in [0.717, 1.165) is 19.5 Å². The maximum atomic E-state index is 12.0. The van der Waals surface area contributed by atoms with Crippen molar-refractivity contribution in [3.05, 3.63) is 16.6 Å². The molecule has 0 bridgehead atoms. The van der Waals surface area contributed by atoms with Crippen LogP contribution in [0.5, 0.6) is 0 Å². The second-order valence-corrected chi connectivity index (χ2v) is 5.59. The normalized spacial score (nSPS) is 20.3. The van der Waals surface area contributed by atoms with E-state index in [1.165, 1.54) is 17.8 Å². The number of nitrogens with zero attached hydrogens (tertiary/aromatic N) is 2. The Morgan fingerprint density at radius 1 is 1.60 bits per heavy atom. The van der Waals surface area contributed by atoms with Crippen LogP contribution in [0.2, 0.25) is 0 Å². The maximum Gasteiger partial charge on any atom is 0.273 e. The smallest absolute Gasteiger partial charge is 0.273 e. The largest absolute Gasteiger partial charge is 0.337 e. The molecule has 1 aliphatic heterocycles. The minimum Gasteiger partial charge on any atom is -0.337 e. The Kier molecular flexibility index (Phi) is 2.78. The van der Waals surface area contributed by atoms with Gasteiger partial charge < -0.3 is 4.90 Å². The molecule has 2 heterocycles. The minimum absolute atomic E-state index is 0.0871. The zero-order valence-corrected chi connectivity index (χ0v) is 10.0. The van der Waals surface area contributed by atoms with Crippen molar-refractivity contribution in [3.63, 3.8) is 0 Å². The SMILES string of the molecule is CC1(C)CCCN(C(=O)c2cscn2)C1. The Balaban J connectivity index is 2.08. The molecule has 15 heavy (non-hydrogen) atoms. The third-order valence-corrected chi connectivity index (χ3v) is 3.43. The van der Waals surface area contributed by atoms with Crippen LogP contribution in [-0.2, 0) is 0 Å². The predicted octanol–water partition coefficient (Wildman–Crippen LogP) is 2.41. The van der Waals surface area contributed by atoms with E-state index in [1.54, 1.807) is 5.51 Å². The first-order valence-corrected chi connectivity index (χ1v) is 6.20. The molecule has 0 aliphatic carbocycles. The molecule has 1 aromatic heterocycles. The van der Waals surface area contributed by atoms with Crippen LogP contribution in [0.15, 0.2) is 10.9 Å². The zero-order valence-electron chi connectivity index (χ0n) is 9.19. The van der Waals surface area contributed by atoms with Gasteiger partial charge in [0.05, 0.1) is 5.51 Å². The lowest BCUT2D eigenvalue weighted by Gasteiger charge is -2.37. The molecule has 82 valence electrons. The monoisotopic (exact) mass is 224 g/mol. The molecule has 0 unspecified atom stereocenters. The summed E-state index contributed by atoms with van der Waals surface area (Å²) in [5, 5.41) is 1.82.